The summed E-state index contributed by atoms with van der Waals surface area (Å²) < 4.78 is 9.60. The summed E-state index contributed by atoms with van der Waals surface area (Å²) in [7, 11) is 0. The second kappa shape index (κ2) is 7.49. The van der Waals surface area contributed by atoms with Gasteiger partial charge < -0.3 is 0 Å². The molecule has 1 aromatic rings. The van der Waals surface area contributed by atoms with E-state index >= 15 is 0 Å². The molecular weight excluding hydrogens is 427 g/mol. The molecule has 2 fully saturated rings. The Bertz CT molecular complexity index is 898. The zero-order valence-corrected chi connectivity index (χ0v) is 19.9. The van der Waals surface area contributed by atoms with Crippen LogP contribution in [0.3, 0.4) is 0 Å². The van der Waals surface area contributed by atoms with E-state index in [4.69, 9.17) is 10.5 Å². The molecule has 0 aliphatic carbocycles. The molecule has 0 radical (unpaired) electrons. The van der Waals surface area contributed by atoms with Crippen LogP contribution in [0.1, 0.15) is 64.0 Å². The summed E-state index contributed by atoms with van der Waals surface area (Å²) >= 11 is -0.801. The molecule has 3 aliphatic rings. The summed E-state index contributed by atoms with van der Waals surface area (Å²) in [5.41, 5.74) is 9.20. The topological polar surface area (TPSA) is 68.5 Å². The molecule has 4 heterocycles. The summed E-state index contributed by atoms with van der Waals surface area (Å²) in [6.45, 7) is 7.98. The van der Waals surface area contributed by atoms with Gasteiger partial charge in [0, 0.05) is 0 Å². The van der Waals surface area contributed by atoms with Crippen molar-refractivity contribution in [1.82, 2.24) is 9.88 Å². The van der Waals surface area contributed by atoms with E-state index < -0.39 is 34.3 Å². The number of pyridine rings is 1. The number of allylic oxidation sites excluding steroid dienone is 3. The third-order valence-electron chi connectivity index (χ3n) is 5.87. The van der Waals surface area contributed by atoms with E-state index in [9.17, 15) is 4.79 Å². The van der Waals surface area contributed by atoms with Gasteiger partial charge in [0.15, 0.2) is 0 Å². The zero-order chi connectivity index (χ0) is 20.1. The number of rotatable bonds is 2. The Morgan fingerprint density at radius 3 is 2.79 bits per heavy atom. The monoisotopic (exact) mass is 455 g/mol. The van der Waals surface area contributed by atoms with Crippen LogP contribution in [0.25, 0.3) is 5.57 Å². The number of aromatic nitrogens is 1. The number of nitrogens with zero attached hydrogens (tertiary/aromatic N) is 2. The fourth-order valence-electron chi connectivity index (χ4n) is 4.60. The number of anilines is 1. The molecule has 2 bridgehead atoms. The molecule has 5 nitrogen and oxygen atoms in total. The van der Waals surface area contributed by atoms with E-state index in [0.717, 1.165) is 24.8 Å². The van der Waals surface area contributed by atoms with Crippen molar-refractivity contribution >= 4 is 19.8 Å². The van der Waals surface area contributed by atoms with Crippen molar-refractivity contribution in [2.75, 3.05) is 5.73 Å². The summed E-state index contributed by atoms with van der Waals surface area (Å²) in [5.74, 6) is 0.899. The van der Waals surface area contributed by atoms with Crippen LogP contribution in [0, 0.1) is 0 Å². The van der Waals surface area contributed by atoms with Crippen LogP contribution in [0.4, 0.5) is 10.6 Å². The number of hydrogen-bond donors (Lipinski definition) is 1. The second-order valence-corrected chi connectivity index (χ2v) is 13.0. The van der Waals surface area contributed by atoms with Crippen molar-refractivity contribution < 1.29 is 38.2 Å². The van der Waals surface area contributed by atoms with Gasteiger partial charge in [-0.05, 0) is 0 Å². The minimum atomic E-state index is -0.801. The average Bonchev–Trinajstić information content (AvgIpc) is 3.20. The second-order valence-electron chi connectivity index (χ2n) is 9.10. The first-order chi connectivity index (χ1) is 13.2. The molecule has 2 saturated heterocycles. The molecule has 3 atom stereocenters. The maximum atomic E-state index is 12.8. The number of fused-ring (bicyclic) bond motifs is 2. The molecular formula is C22H28N3O2Y. The standard InChI is InChI=1S/C22H28N3O2.Y/c1-6-7-8-14(2)17-11-15(13-24-20(17)23)18-12-16-9-10-19(18)25(16)21(26)27-22(3,4)5;/h2,7-8,11,13,16,18-19H,9-10,12H2,1,3-5H3,(H2,23,24);. The molecule has 6 heteroatoms. The Kier molecular flexibility index (Phi) is 5.34. The van der Waals surface area contributed by atoms with Crippen molar-refractivity contribution in [2.24, 2.45) is 0 Å². The molecule has 2 N–H and O–H groups in total. The Labute approximate surface area is 181 Å². The Balaban J connectivity index is 1.60. The summed E-state index contributed by atoms with van der Waals surface area (Å²) in [5, 5.41) is 0. The molecule has 0 spiro atoms. The van der Waals surface area contributed by atoms with Crippen LogP contribution < -0.4 is 5.73 Å². The van der Waals surface area contributed by atoms with Gasteiger partial charge in [0.2, 0.25) is 0 Å². The zero-order valence-electron chi connectivity index (χ0n) is 17.1. The van der Waals surface area contributed by atoms with Gasteiger partial charge in [-0.25, -0.2) is 0 Å². The molecule has 0 saturated carbocycles. The number of carbonyl (C=O) groups excluding carboxylic acids is 1. The minimum absolute atomic E-state index is 0.178. The van der Waals surface area contributed by atoms with Crippen molar-refractivity contribution in [1.29, 1.82) is 0 Å². The predicted octanol–water partition coefficient (Wildman–Crippen LogP) is 4.10. The van der Waals surface area contributed by atoms with E-state index in [1.165, 1.54) is 13.4 Å². The first kappa shape index (κ1) is 20.0. The molecule has 4 rings (SSSR count). The Hall–Kier alpha value is -1.33. The first-order valence-electron chi connectivity index (χ1n) is 10.1. The predicted molar refractivity (Wildman–Crippen MR) is 109 cm³/mol. The Morgan fingerprint density at radius 1 is 1.32 bits per heavy atom. The number of ether oxygens (including phenoxy) is 1. The van der Waals surface area contributed by atoms with Crippen LogP contribution in [-0.4, -0.2) is 36.0 Å². The van der Waals surface area contributed by atoms with Crippen molar-refractivity contribution in [3.63, 3.8) is 0 Å². The molecule has 3 unspecified atom stereocenters. The van der Waals surface area contributed by atoms with Crippen LogP contribution in [-0.2, 0) is 33.4 Å². The average molecular weight is 455 g/mol. The van der Waals surface area contributed by atoms with E-state index in [1.807, 2.05) is 31.9 Å². The van der Waals surface area contributed by atoms with Gasteiger partial charge in [-0.3, -0.25) is 0 Å². The van der Waals surface area contributed by atoms with E-state index in [-0.39, 0.29) is 18.2 Å². The van der Waals surface area contributed by atoms with Gasteiger partial charge in [0.1, 0.15) is 0 Å². The van der Waals surface area contributed by atoms with Crippen molar-refractivity contribution in [2.45, 2.75) is 70.6 Å². The molecule has 1 aromatic heterocycles. The quantitative estimate of drug-likeness (QED) is 0.729. The number of carbonyl (C=O) groups is 1. The number of nitrogen functional groups attached to an aromatic ring is 1. The summed E-state index contributed by atoms with van der Waals surface area (Å²) in [6, 6.07) is 2.68. The molecule has 1 amide bonds. The number of amides is 1. The van der Waals surface area contributed by atoms with Gasteiger partial charge >= 0.3 is 183 Å². The normalized spacial score (nSPS) is 26.0. The van der Waals surface area contributed by atoms with Gasteiger partial charge in [-0.2, -0.15) is 0 Å². The van der Waals surface area contributed by atoms with Crippen molar-refractivity contribution in [3.05, 3.63) is 38.4 Å². The van der Waals surface area contributed by atoms with Crippen LogP contribution in [0.2, 0.25) is 0 Å². The van der Waals surface area contributed by atoms with Crippen molar-refractivity contribution in [3.8, 4) is 0 Å². The van der Waals surface area contributed by atoms with Gasteiger partial charge in [-0.1, -0.05) is 0 Å². The molecule has 0 aromatic carbocycles. The van der Waals surface area contributed by atoms with Gasteiger partial charge in [-0.15, -0.1) is 0 Å². The molecule has 28 heavy (non-hydrogen) atoms. The first-order valence-corrected chi connectivity index (χ1v) is 13.1. The number of hydrogen-bond acceptors (Lipinski definition) is 4. The fourth-order valence-corrected chi connectivity index (χ4v) is 6.92. The van der Waals surface area contributed by atoms with Crippen LogP contribution >= 0.6 is 0 Å². The molecule has 3 aliphatic heterocycles. The summed E-state index contributed by atoms with van der Waals surface area (Å²) in [4.78, 5) is 19.3. The summed E-state index contributed by atoms with van der Waals surface area (Å²) in [6.07, 6.45) is 9.19. The van der Waals surface area contributed by atoms with Crippen LogP contribution in [0.5, 0.6) is 0 Å². The fraction of sp³-hybridized carbons (Fsp3) is 0.500. The van der Waals surface area contributed by atoms with E-state index in [2.05, 4.69) is 33.0 Å². The van der Waals surface area contributed by atoms with E-state index in [1.54, 1.807) is 0 Å². The van der Waals surface area contributed by atoms with Crippen LogP contribution in [0.15, 0.2) is 27.3 Å². The molecule has 146 valence electrons. The van der Waals surface area contributed by atoms with E-state index in [0.29, 0.717) is 11.7 Å². The maximum absolute atomic E-state index is 12.8. The third-order valence-corrected chi connectivity index (χ3v) is 8.93. The van der Waals surface area contributed by atoms with Gasteiger partial charge in [0.25, 0.3) is 0 Å². The van der Waals surface area contributed by atoms with Gasteiger partial charge in [0.05, 0.1) is 0 Å². The SMILES string of the molecule is C[C]1=[Y][CH]=C(c2cc(C3CC4CCC3N4C(=O)OC(C)(C)C)cnc2N)C=C1. The third kappa shape index (κ3) is 3.88. The Morgan fingerprint density at radius 2 is 2.11 bits per heavy atom. The number of nitrogens with two attached hydrogens (primary N) is 1.